The van der Waals surface area contributed by atoms with Crippen LogP contribution < -0.4 is 5.32 Å². The highest BCUT2D eigenvalue weighted by atomic mass is 16.3. The van der Waals surface area contributed by atoms with Crippen LogP contribution in [0.15, 0.2) is 16.7 Å². The molecule has 1 aliphatic carbocycles. The van der Waals surface area contributed by atoms with Gasteiger partial charge >= 0.3 is 0 Å². The number of hydrogen-bond acceptors (Lipinski definition) is 3. The molecule has 1 aliphatic heterocycles. The minimum atomic E-state index is 0.152. The zero-order valence-electron chi connectivity index (χ0n) is 11.5. The first-order valence-electron chi connectivity index (χ1n) is 7.31. The number of furan rings is 1. The van der Waals surface area contributed by atoms with E-state index < -0.39 is 0 Å². The number of amides is 1. The fourth-order valence-corrected chi connectivity index (χ4v) is 2.90. The van der Waals surface area contributed by atoms with Crippen LogP contribution >= 0.6 is 0 Å². The van der Waals surface area contributed by atoms with Crippen LogP contribution in [0, 0.1) is 12.8 Å². The molecular weight excluding hydrogens is 240 g/mol. The Bertz CT molecular complexity index is 445. The summed E-state index contributed by atoms with van der Waals surface area (Å²) in [6.07, 6.45) is 6.37. The van der Waals surface area contributed by atoms with Gasteiger partial charge in [0.05, 0.1) is 11.8 Å². The fraction of sp³-hybridized carbons (Fsp3) is 0.667. The van der Waals surface area contributed by atoms with Gasteiger partial charge in [0.25, 0.3) is 5.91 Å². The third-order valence-electron chi connectivity index (χ3n) is 4.19. The lowest BCUT2D eigenvalue weighted by Crippen LogP contribution is -2.42. The van der Waals surface area contributed by atoms with E-state index in [1.807, 2.05) is 6.92 Å². The smallest absolute Gasteiger partial charge is 0.257 e. The molecule has 2 heterocycles. The van der Waals surface area contributed by atoms with Crippen molar-refractivity contribution in [3.8, 4) is 0 Å². The van der Waals surface area contributed by atoms with Gasteiger partial charge < -0.3 is 14.6 Å². The number of nitrogens with zero attached hydrogens (tertiary/aromatic N) is 1. The van der Waals surface area contributed by atoms with E-state index >= 15 is 0 Å². The first kappa shape index (κ1) is 12.7. The van der Waals surface area contributed by atoms with E-state index in [9.17, 15) is 4.79 Å². The van der Waals surface area contributed by atoms with Crippen LogP contribution in [0.1, 0.15) is 41.8 Å². The van der Waals surface area contributed by atoms with Crippen molar-refractivity contribution in [3.05, 3.63) is 23.7 Å². The number of carbonyl (C=O) groups is 1. The lowest BCUT2D eigenvalue weighted by Gasteiger charge is -2.30. The summed E-state index contributed by atoms with van der Waals surface area (Å²) >= 11 is 0. The van der Waals surface area contributed by atoms with E-state index in [-0.39, 0.29) is 5.91 Å². The second-order valence-corrected chi connectivity index (χ2v) is 5.79. The van der Waals surface area contributed by atoms with Gasteiger partial charge in [-0.1, -0.05) is 0 Å². The van der Waals surface area contributed by atoms with Gasteiger partial charge in [0, 0.05) is 12.6 Å². The van der Waals surface area contributed by atoms with Crippen molar-refractivity contribution < 1.29 is 9.21 Å². The van der Waals surface area contributed by atoms with Gasteiger partial charge in [-0.3, -0.25) is 4.79 Å². The Kier molecular flexibility index (Phi) is 3.60. The molecular formula is C15H22N2O2. The molecule has 0 bridgehead atoms. The molecule has 4 nitrogen and oxygen atoms in total. The second-order valence-electron chi connectivity index (χ2n) is 5.79. The molecule has 1 unspecified atom stereocenters. The molecule has 0 aromatic carbocycles. The number of aryl methyl sites for hydroxylation is 1. The SMILES string of the molecule is Cc1occc1C(=O)N(CC1CCCNC1)C1CC1. The highest BCUT2D eigenvalue weighted by molar-refractivity contribution is 5.95. The van der Waals surface area contributed by atoms with Crippen LogP contribution in [-0.4, -0.2) is 36.5 Å². The maximum Gasteiger partial charge on any atom is 0.257 e. The van der Waals surface area contributed by atoms with E-state index in [0.29, 0.717) is 12.0 Å². The summed E-state index contributed by atoms with van der Waals surface area (Å²) < 4.78 is 5.27. The largest absolute Gasteiger partial charge is 0.469 e. The molecule has 0 radical (unpaired) electrons. The third-order valence-corrected chi connectivity index (χ3v) is 4.19. The highest BCUT2D eigenvalue weighted by Gasteiger charge is 2.35. The molecule has 0 spiro atoms. The third kappa shape index (κ3) is 2.84. The average molecular weight is 262 g/mol. The maximum atomic E-state index is 12.6. The molecule has 1 saturated carbocycles. The minimum Gasteiger partial charge on any atom is -0.469 e. The van der Waals surface area contributed by atoms with Gasteiger partial charge in [0.1, 0.15) is 5.76 Å². The van der Waals surface area contributed by atoms with Crippen molar-refractivity contribution in [3.63, 3.8) is 0 Å². The standard InChI is InChI=1S/C15H22N2O2/c1-11-14(6-8-19-11)15(18)17(13-4-5-13)10-12-3-2-7-16-9-12/h6,8,12-13,16H,2-5,7,9-10H2,1H3. The number of rotatable bonds is 4. The lowest BCUT2D eigenvalue weighted by atomic mass is 9.98. The molecule has 4 heteroatoms. The van der Waals surface area contributed by atoms with Crippen molar-refractivity contribution in [1.82, 2.24) is 10.2 Å². The molecule has 3 rings (SSSR count). The van der Waals surface area contributed by atoms with E-state index in [2.05, 4.69) is 10.2 Å². The van der Waals surface area contributed by atoms with Crippen molar-refractivity contribution in [2.75, 3.05) is 19.6 Å². The molecule has 2 fully saturated rings. The Morgan fingerprint density at radius 3 is 2.89 bits per heavy atom. The summed E-state index contributed by atoms with van der Waals surface area (Å²) in [6.45, 7) is 4.91. The quantitative estimate of drug-likeness (QED) is 0.904. The first-order valence-corrected chi connectivity index (χ1v) is 7.31. The van der Waals surface area contributed by atoms with E-state index in [0.717, 1.165) is 43.8 Å². The first-order chi connectivity index (χ1) is 9.25. The Morgan fingerprint density at radius 1 is 1.47 bits per heavy atom. The van der Waals surface area contributed by atoms with Crippen LogP contribution in [0.5, 0.6) is 0 Å². The van der Waals surface area contributed by atoms with Crippen LogP contribution in [0.4, 0.5) is 0 Å². The Balaban J connectivity index is 1.70. The highest BCUT2D eigenvalue weighted by Crippen LogP contribution is 2.30. The van der Waals surface area contributed by atoms with Crippen LogP contribution in [-0.2, 0) is 0 Å². The predicted octanol–water partition coefficient (Wildman–Crippen LogP) is 2.19. The summed E-state index contributed by atoms with van der Waals surface area (Å²) in [7, 11) is 0. The topological polar surface area (TPSA) is 45.5 Å². The molecule has 2 aliphatic rings. The molecule has 1 atom stereocenters. The number of nitrogens with one attached hydrogen (secondary N) is 1. The average Bonchev–Trinajstić information content (AvgIpc) is 3.18. The Morgan fingerprint density at radius 2 is 2.32 bits per heavy atom. The monoisotopic (exact) mass is 262 g/mol. The van der Waals surface area contributed by atoms with Crippen LogP contribution in [0.2, 0.25) is 0 Å². The number of piperidine rings is 1. The molecule has 1 N–H and O–H groups in total. The van der Waals surface area contributed by atoms with Gasteiger partial charge in [-0.2, -0.15) is 0 Å². The van der Waals surface area contributed by atoms with Crippen LogP contribution in [0.25, 0.3) is 0 Å². The zero-order chi connectivity index (χ0) is 13.2. The fourth-order valence-electron chi connectivity index (χ4n) is 2.90. The second kappa shape index (κ2) is 5.37. The minimum absolute atomic E-state index is 0.152. The van der Waals surface area contributed by atoms with Crippen molar-refractivity contribution in [2.24, 2.45) is 5.92 Å². The van der Waals surface area contributed by atoms with Gasteiger partial charge in [-0.25, -0.2) is 0 Å². The molecule has 1 aromatic rings. The lowest BCUT2D eigenvalue weighted by molar-refractivity contribution is 0.0702. The van der Waals surface area contributed by atoms with Gasteiger partial charge in [-0.15, -0.1) is 0 Å². The molecule has 19 heavy (non-hydrogen) atoms. The van der Waals surface area contributed by atoms with E-state index in [1.54, 1.807) is 12.3 Å². The molecule has 1 saturated heterocycles. The Labute approximate surface area is 114 Å². The van der Waals surface area contributed by atoms with Gasteiger partial charge in [-0.05, 0) is 57.7 Å². The predicted molar refractivity (Wildman–Crippen MR) is 73.1 cm³/mol. The molecule has 1 aromatic heterocycles. The van der Waals surface area contributed by atoms with Crippen LogP contribution in [0.3, 0.4) is 0 Å². The van der Waals surface area contributed by atoms with Crippen molar-refractivity contribution in [2.45, 2.75) is 38.6 Å². The molecule has 1 amide bonds. The summed E-state index contributed by atoms with van der Waals surface area (Å²) in [6, 6.07) is 2.26. The van der Waals surface area contributed by atoms with Crippen molar-refractivity contribution in [1.29, 1.82) is 0 Å². The zero-order valence-corrected chi connectivity index (χ0v) is 11.5. The summed E-state index contributed by atoms with van der Waals surface area (Å²) in [5, 5.41) is 3.43. The summed E-state index contributed by atoms with van der Waals surface area (Å²) in [4.78, 5) is 14.7. The summed E-state index contributed by atoms with van der Waals surface area (Å²) in [5.41, 5.74) is 0.732. The van der Waals surface area contributed by atoms with E-state index in [4.69, 9.17) is 4.42 Å². The maximum absolute atomic E-state index is 12.6. The Hall–Kier alpha value is -1.29. The number of carbonyl (C=O) groups excluding carboxylic acids is 1. The number of hydrogen-bond donors (Lipinski definition) is 1. The van der Waals surface area contributed by atoms with Gasteiger partial charge in [0.2, 0.25) is 0 Å². The molecule has 104 valence electrons. The normalized spacial score (nSPS) is 23.3. The van der Waals surface area contributed by atoms with Gasteiger partial charge in [0.15, 0.2) is 0 Å². The van der Waals surface area contributed by atoms with Crippen molar-refractivity contribution >= 4 is 5.91 Å². The van der Waals surface area contributed by atoms with E-state index in [1.165, 1.54) is 12.8 Å². The summed E-state index contributed by atoms with van der Waals surface area (Å²) in [5.74, 6) is 1.49.